The van der Waals surface area contributed by atoms with Gasteiger partial charge in [-0.2, -0.15) is 8.42 Å². The molecule has 0 spiro atoms. The summed E-state index contributed by atoms with van der Waals surface area (Å²) in [7, 11) is -3.79. The van der Waals surface area contributed by atoms with Crippen LogP contribution in [-0.4, -0.2) is 57.9 Å². The minimum absolute atomic E-state index is 0.0454. The van der Waals surface area contributed by atoms with Gasteiger partial charge in [0.25, 0.3) is 10.1 Å². The summed E-state index contributed by atoms with van der Waals surface area (Å²) in [6, 6.07) is 9.28. The SMILES string of the molecule is CC(C)(COS(=O)(=O)CCCCl)[C@@H](OCc1ccccc1)C(=O)OCCOC(=O)C1CCCCC1. The Hall–Kier alpha value is -1.68. The van der Waals surface area contributed by atoms with Crippen molar-refractivity contribution in [3.8, 4) is 0 Å². The van der Waals surface area contributed by atoms with Gasteiger partial charge in [0.1, 0.15) is 13.2 Å². The number of hydrogen-bond acceptors (Lipinski definition) is 8. The molecule has 0 aliphatic heterocycles. The molecule has 1 aromatic rings. The third kappa shape index (κ3) is 10.9. The Morgan fingerprint density at radius 3 is 2.37 bits per heavy atom. The molecule has 0 unspecified atom stereocenters. The Balaban J connectivity index is 1.95. The van der Waals surface area contributed by atoms with E-state index in [0.717, 1.165) is 37.7 Å². The zero-order valence-corrected chi connectivity index (χ0v) is 22.2. The van der Waals surface area contributed by atoms with Crippen molar-refractivity contribution >= 4 is 33.7 Å². The third-order valence-electron chi connectivity index (χ3n) is 5.83. The third-order valence-corrected chi connectivity index (χ3v) is 7.37. The summed E-state index contributed by atoms with van der Waals surface area (Å²) < 4.78 is 45.9. The molecule has 0 bridgehead atoms. The van der Waals surface area contributed by atoms with E-state index in [4.69, 9.17) is 30.0 Å². The van der Waals surface area contributed by atoms with Gasteiger partial charge in [-0.15, -0.1) is 11.6 Å². The van der Waals surface area contributed by atoms with E-state index in [1.165, 1.54) is 0 Å². The number of carbonyl (C=O) groups excluding carboxylic acids is 2. The van der Waals surface area contributed by atoms with E-state index in [-0.39, 0.29) is 56.4 Å². The van der Waals surface area contributed by atoms with E-state index in [1.807, 2.05) is 30.3 Å². The van der Waals surface area contributed by atoms with Crippen LogP contribution in [0.15, 0.2) is 30.3 Å². The first kappa shape index (κ1) is 29.5. The van der Waals surface area contributed by atoms with Crippen molar-refractivity contribution in [3.05, 3.63) is 35.9 Å². The molecular formula is C25H37ClO8S. The molecule has 0 radical (unpaired) electrons. The number of rotatable bonds is 15. The summed E-state index contributed by atoms with van der Waals surface area (Å²) in [5.41, 5.74) is -0.184. The van der Waals surface area contributed by atoms with Crippen LogP contribution in [0.2, 0.25) is 0 Å². The number of hydrogen-bond donors (Lipinski definition) is 0. The summed E-state index contributed by atoms with van der Waals surface area (Å²) in [4.78, 5) is 25.1. The highest BCUT2D eigenvalue weighted by Crippen LogP contribution is 2.28. The van der Waals surface area contributed by atoms with Crippen molar-refractivity contribution in [1.82, 2.24) is 0 Å². The second kappa shape index (κ2) is 14.8. The van der Waals surface area contributed by atoms with Gasteiger partial charge in [-0.1, -0.05) is 63.4 Å². The summed E-state index contributed by atoms with van der Waals surface area (Å²) in [5.74, 6) is -1.03. The Morgan fingerprint density at radius 1 is 1.06 bits per heavy atom. The second-order valence-electron chi connectivity index (χ2n) is 9.40. The predicted molar refractivity (Wildman–Crippen MR) is 132 cm³/mol. The van der Waals surface area contributed by atoms with E-state index in [1.54, 1.807) is 13.8 Å². The largest absolute Gasteiger partial charge is 0.462 e. The summed E-state index contributed by atoms with van der Waals surface area (Å²) >= 11 is 5.58. The monoisotopic (exact) mass is 532 g/mol. The van der Waals surface area contributed by atoms with Crippen molar-refractivity contribution in [2.45, 2.75) is 65.1 Å². The van der Waals surface area contributed by atoms with Gasteiger partial charge in [0.05, 0.1) is 24.9 Å². The van der Waals surface area contributed by atoms with Crippen LogP contribution in [0.3, 0.4) is 0 Å². The highest BCUT2D eigenvalue weighted by molar-refractivity contribution is 7.86. The Labute approximate surface area is 213 Å². The maximum Gasteiger partial charge on any atom is 0.336 e. The van der Waals surface area contributed by atoms with Crippen LogP contribution in [0.5, 0.6) is 0 Å². The maximum absolute atomic E-state index is 12.9. The molecule has 2 rings (SSSR count). The molecule has 1 fully saturated rings. The van der Waals surface area contributed by atoms with E-state index >= 15 is 0 Å². The first-order valence-corrected chi connectivity index (χ1v) is 14.2. The van der Waals surface area contributed by atoms with Gasteiger partial charge in [-0.05, 0) is 24.8 Å². The van der Waals surface area contributed by atoms with Gasteiger partial charge >= 0.3 is 11.9 Å². The van der Waals surface area contributed by atoms with Crippen LogP contribution >= 0.6 is 11.6 Å². The average Bonchev–Trinajstić information content (AvgIpc) is 2.85. The summed E-state index contributed by atoms with van der Waals surface area (Å²) in [6.45, 7) is 3.03. The van der Waals surface area contributed by atoms with Gasteiger partial charge in [-0.3, -0.25) is 8.98 Å². The second-order valence-corrected chi connectivity index (χ2v) is 11.5. The lowest BCUT2D eigenvalue weighted by Gasteiger charge is -2.32. The number of benzene rings is 1. The number of esters is 2. The topological polar surface area (TPSA) is 105 Å². The zero-order valence-electron chi connectivity index (χ0n) is 20.6. The number of alkyl halides is 1. The van der Waals surface area contributed by atoms with Crippen LogP contribution in [0.25, 0.3) is 0 Å². The predicted octanol–water partition coefficient (Wildman–Crippen LogP) is 4.24. The van der Waals surface area contributed by atoms with Crippen LogP contribution in [0.4, 0.5) is 0 Å². The van der Waals surface area contributed by atoms with Gasteiger partial charge in [0.2, 0.25) is 0 Å². The van der Waals surface area contributed by atoms with Gasteiger partial charge in [-0.25, -0.2) is 4.79 Å². The molecule has 1 atom stereocenters. The van der Waals surface area contributed by atoms with Crippen LogP contribution in [0, 0.1) is 11.3 Å². The quantitative estimate of drug-likeness (QED) is 0.143. The van der Waals surface area contributed by atoms with Crippen molar-refractivity contribution in [2.24, 2.45) is 11.3 Å². The molecular weight excluding hydrogens is 496 g/mol. The number of halogens is 1. The first-order valence-electron chi connectivity index (χ1n) is 12.1. The van der Waals surface area contributed by atoms with Crippen molar-refractivity contribution < 1.29 is 36.4 Å². The highest BCUT2D eigenvalue weighted by atomic mass is 35.5. The molecule has 10 heteroatoms. The molecule has 8 nitrogen and oxygen atoms in total. The summed E-state index contributed by atoms with van der Waals surface area (Å²) in [6.07, 6.45) is 3.99. The van der Waals surface area contributed by atoms with Crippen molar-refractivity contribution in [2.75, 3.05) is 31.5 Å². The first-order chi connectivity index (χ1) is 16.6. The fourth-order valence-electron chi connectivity index (χ4n) is 3.79. The standard InChI is InChI=1S/C25H37ClO8S/c1-25(2,19-34-35(29,30)17-9-14-26)22(33-18-20-10-5-3-6-11-20)24(28)32-16-15-31-23(27)21-12-7-4-8-13-21/h3,5-6,10-11,21-22H,4,7-9,12-19H2,1-2H3/t22-/m0/s1. The molecule has 1 aliphatic carbocycles. The molecule has 198 valence electrons. The minimum Gasteiger partial charge on any atom is -0.462 e. The number of carbonyl (C=O) groups is 2. The fourth-order valence-corrected chi connectivity index (χ4v) is 5.18. The normalized spacial score (nSPS) is 16.0. The smallest absolute Gasteiger partial charge is 0.336 e. The molecule has 0 N–H and O–H groups in total. The lowest BCUT2D eigenvalue weighted by Crippen LogP contribution is -2.44. The molecule has 1 aliphatic rings. The Bertz CT molecular complexity index is 882. The molecule has 1 aromatic carbocycles. The van der Waals surface area contributed by atoms with Crippen LogP contribution in [0.1, 0.15) is 57.9 Å². The lowest BCUT2D eigenvalue weighted by atomic mass is 9.87. The summed E-state index contributed by atoms with van der Waals surface area (Å²) in [5, 5.41) is 0. The molecule has 0 aromatic heterocycles. The highest BCUT2D eigenvalue weighted by Gasteiger charge is 2.39. The fraction of sp³-hybridized carbons (Fsp3) is 0.680. The van der Waals surface area contributed by atoms with Gasteiger partial charge in [0, 0.05) is 11.3 Å². The Kier molecular flexibility index (Phi) is 12.5. The van der Waals surface area contributed by atoms with Crippen LogP contribution in [-0.2, 0) is 44.7 Å². The van der Waals surface area contributed by atoms with Crippen molar-refractivity contribution in [1.29, 1.82) is 0 Å². The van der Waals surface area contributed by atoms with Gasteiger partial charge in [0.15, 0.2) is 6.10 Å². The van der Waals surface area contributed by atoms with Gasteiger partial charge < -0.3 is 14.2 Å². The maximum atomic E-state index is 12.9. The molecule has 0 amide bonds. The number of ether oxygens (including phenoxy) is 3. The molecule has 0 saturated heterocycles. The van der Waals surface area contributed by atoms with E-state index in [0.29, 0.717) is 0 Å². The van der Waals surface area contributed by atoms with Crippen LogP contribution < -0.4 is 0 Å². The zero-order chi connectivity index (χ0) is 25.7. The molecule has 0 heterocycles. The molecule has 1 saturated carbocycles. The van der Waals surface area contributed by atoms with E-state index in [2.05, 4.69) is 0 Å². The van der Waals surface area contributed by atoms with E-state index in [9.17, 15) is 18.0 Å². The van der Waals surface area contributed by atoms with E-state index < -0.39 is 27.6 Å². The average molecular weight is 533 g/mol. The molecule has 35 heavy (non-hydrogen) atoms. The van der Waals surface area contributed by atoms with Crippen molar-refractivity contribution in [3.63, 3.8) is 0 Å². The Morgan fingerprint density at radius 2 is 1.71 bits per heavy atom. The lowest BCUT2D eigenvalue weighted by molar-refractivity contribution is -0.172. The minimum atomic E-state index is -3.79.